The highest BCUT2D eigenvalue weighted by Gasteiger charge is 2.44. The van der Waals surface area contributed by atoms with E-state index in [2.05, 4.69) is 72.8 Å². The van der Waals surface area contributed by atoms with Gasteiger partial charge in [-0.05, 0) is 70.5 Å². The van der Waals surface area contributed by atoms with E-state index in [4.69, 9.17) is 19.4 Å². The number of benzene rings is 6. The second-order valence-electron chi connectivity index (χ2n) is 13.8. The van der Waals surface area contributed by atoms with Gasteiger partial charge in [-0.3, -0.25) is 0 Å². The van der Waals surface area contributed by atoms with E-state index in [9.17, 15) is 5.26 Å². The molecule has 1 spiro atoms. The van der Waals surface area contributed by atoms with Gasteiger partial charge in [0.05, 0.1) is 11.6 Å². The molecule has 0 saturated heterocycles. The number of aromatic nitrogens is 3. The standard InChI is InChI=1S/C46H32N4O/c47-28-29-19-24-37-36(27-29)41-33(14-9-16-38(41)46(37)25-7-2-8-26-46)30-20-22-32(23-21-30)44-48-43(31-11-3-1-4-12-31)49-45(50-44)35-15-10-18-40-42(35)34-13-5-6-17-39(34)51-40/h1,3-6,9-24,27H,2,7-8,25-26H2. The predicted octanol–water partition coefficient (Wildman–Crippen LogP) is 11.5. The van der Waals surface area contributed by atoms with Crippen LogP contribution in [0.2, 0.25) is 0 Å². The summed E-state index contributed by atoms with van der Waals surface area (Å²) in [6, 6.07) is 48.3. The molecule has 2 heterocycles. The highest BCUT2D eigenvalue weighted by atomic mass is 16.3. The molecule has 10 rings (SSSR count). The van der Waals surface area contributed by atoms with Gasteiger partial charge in [-0.25, -0.2) is 15.0 Å². The Kier molecular flexibility index (Phi) is 6.72. The zero-order valence-electron chi connectivity index (χ0n) is 27.9. The summed E-state index contributed by atoms with van der Waals surface area (Å²) in [6.07, 6.45) is 6.02. The van der Waals surface area contributed by atoms with E-state index in [1.54, 1.807) is 0 Å². The van der Waals surface area contributed by atoms with Crippen LogP contribution in [0.5, 0.6) is 0 Å². The van der Waals surface area contributed by atoms with Crippen molar-refractivity contribution in [1.82, 2.24) is 15.0 Å². The maximum absolute atomic E-state index is 9.85. The maximum Gasteiger partial charge on any atom is 0.164 e. The predicted molar refractivity (Wildman–Crippen MR) is 203 cm³/mol. The number of hydrogen-bond acceptors (Lipinski definition) is 5. The van der Waals surface area contributed by atoms with Crippen molar-refractivity contribution in [3.8, 4) is 62.5 Å². The van der Waals surface area contributed by atoms with Gasteiger partial charge >= 0.3 is 0 Å². The first-order valence-corrected chi connectivity index (χ1v) is 17.7. The Balaban J connectivity index is 1.11. The zero-order chi connectivity index (χ0) is 33.9. The second-order valence-corrected chi connectivity index (χ2v) is 13.8. The van der Waals surface area contributed by atoms with E-state index in [1.165, 1.54) is 47.1 Å². The molecule has 2 aliphatic carbocycles. The molecule has 5 nitrogen and oxygen atoms in total. The first-order valence-electron chi connectivity index (χ1n) is 17.7. The molecule has 0 aliphatic heterocycles. The number of fused-ring (bicyclic) bond motifs is 8. The number of hydrogen-bond donors (Lipinski definition) is 0. The number of furan rings is 1. The van der Waals surface area contributed by atoms with Crippen LogP contribution in [0.15, 0.2) is 138 Å². The molecule has 2 aliphatic rings. The van der Waals surface area contributed by atoms with Gasteiger partial charge in [-0.2, -0.15) is 5.26 Å². The molecule has 6 aromatic carbocycles. The molecule has 5 heteroatoms. The van der Waals surface area contributed by atoms with Gasteiger partial charge in [0.2, 0.25) is 0 Å². The van der Waals surface area contributed by atoms with Gasteiger partial charge in [0, 0.05) is 32.9 Å². The molecule has 242 valence electrons. The Labute approximate surface area is 295 Å². The van der Waals surface area contributed by atoms with Crippen LogP contribution in [0, 0.1) is 11.3 Å². The van der Waals surface area contributed by atoms with E-state index in [1.807, 2.05) is 66.7 Å². The molecule has 0 radical (unpaired) electrons. The number of rotatable bonds is 4. The molecule has 1 fully saturated rings. The fraction of sp³-hybridized carbons (Fsp3) is 0.130. The van der Waals surface area contributed by atoms with Crippen LogP contribution in [-0.2, 0) is 5.41 Å². The minimum atomic E-state index is 0.0190. The van der Waals surface area contributed by atoms with Crippen molar-refractivity contribution in [3.63, 3.8) is 0 Å². The van der Waals surface area contributed by atoms with Crippen molar-refractivity contribution in [2.24, 2.45) is 0 Å². The van der Waals surface area contributed by atoms with Crippen molar-refractivity contribution in [1.29, 1.82) is 5.26 Å². The Morgan fingerprint density at radius 1 is 0.529 bits per heavy atom. The smallest absolute Gasteiger partial charge is 0.164 e. The van der Waals surface area contributed by atoms with Crippen molar-refractivity contribution >= 4 is 21.9 Å². The molecule has 0 atom stereocenters. The van der Waals surface area contributed by atoms with Crippen LogP contribution in [0.4, 0.5) is 0 Å². The molecular formula is C46H32N4O. The van der Waals surface area contributed by atoms with Crippen molar-refractivity contribution in [2.75, 3.05) is 0 Å². The minimum Gasteiger partial charge on any atom is -0.456 e. The molecule has 0 amide bonds. The number of nitrogens with zero attached hydrogens (tertiary/aromatic N) is 4. The minimum absolute atomic E-state index is 0.0190. The van der Waals surface area contributed by atoms with Crippen LogP contribution >= 0.6 is 0 Å². The average molecular weight is 657 g/mol. The Bertz CT molecular complexity index is 2680. The number of nitriles is 1. The summed E-state index contributed by atoms with van der Waals surface area (Å²) in [7, 11) is 0. The Morgan fingerprint density at radius 3 is 2.00 bits per heavy atom. The molecule has 0 unspecified atom stereocenters. The SMILES string of the molecule is N#Cc1ccc2c(c1)-c1c(-c3ccc(-c4nc(-c5ccccc5)nc(-c5cccc6oc7ccccc7c56)n4)cc3)cccc1C21CCCCC1. The summed E-state index contributed by atoms with van der Waals surface area (Å²) in [5.41, 5.74) is 12.7. The third kappa shape index (κ3) is 4.64. The summed E-state index contributed by atoms with van der Waals surface area (Å²) in [5, 5.41) is 11.9. The lowest BCUT2D eigenvalue weighted by atomic mass is 9.67. The lowest BCUT2D eigenvalue weighted by Gasteiger charge is -2.36. The Hall–Kier alpha value is -6.38. The van der Waals surface area contributed by atoms with Crippen LogP contribution in [0.1, 0.15) is 48.8 Å². The van der Waals surface area contributed by atoms with E-state index in [0.29, 0.717) is 23.0 Å². The largest absolute Gasteiger partial charge is 0.456 e. The van der Waals surface area contributed by atoms with Gasteiger partial charge in [-0.15, -0.1) is 0 Å². The van der Waals surface area contributed by atoms with E-state index in [-0.39, 0.29) is 5.41 Å². The van der Waals surface area contributed by atoms with Gasteiger partial charge in [0.25, 0.3) is 0 Å². The second kappa shape index (κ2) is 11.6. The fourth-order valence-corrected chi connectivity index (χ4v) is 8.66. The summed E-state index contributed by atoms with van der Waals surface area (Å²) >= 11 is 0. The lowest BCUT2D eigenvalue weighted by Crippen LogP contribution is -2.28. The van der Waals surface area contributed by atoms with Gasteiger partial charge in [0.15, 0.2) is 17.5 Å². The van der Waals surface area contributed by atoms with E-state index >= 15 is 0 Å². The molecular weight excluding hydrogens is 625 g/mol. The molecule has 0 N–H and O–H groups in total. The molecule has 2 aromatic heterocycles. The summed E-state index contributed by atoms with van der Waals surface area (Å²) in [5.74, 6) is 1.83. The fourth-order valence-electron chi connectivity index (χ4n) is 8.66. The molecule has 51 heavy (non-hydrogen) atoms. The van der Waals surface area contributed by atoms with Gasteiger partial charge in [-0.1, -0.05) is 128 Å². The van der Waals surface area contributed by atoms with Gasteiger partial charge < -0.3 is 4.42 Å². The molecule has 1 saturated carbocycles. The highest BCUT2D eigenvalue weighted by Crippen LogP contribution is 2.58. The van der Waals surface area contributed by atoms with Crippen molar-refractivity contribution in [2.45, 2.75) is 37.5 Å². The van der Waals surface area contributed by atoms with Crippen LogP contribution < -0.4 is 0 Å². The average Bonchev–Trinajstić information content (AvgIpc) is 3.71. The summed E-state index contributed by atoms with van der Waals surface area (Å²) < 4.78 is 6.22. The van der Waals surface area contributed by atoms with Crippen LogP contribution in [0.25, 0.3) is 78.4 Å². The normalized spacial score (nSPS) is 14.4. The van der Waals surface area contributed by atoms with Gasteiger partial charge in [0.1, 0.15) is 11.2 Å². The summed E-state index contributed by atoms with van der Waals surface area (Å²) in [6.45, 7) is 0. The molecule has 0 bridgehead atoms. The van der Waals surface area contributed by atoms with Crippen LogP contribution in [-0.4, -0.2) is 15.0 Å². The zero-order valence-corrected chi connectivity index (χ0v) is 27.9. The van der Waals surface area contributed by atoms with Crippen molar-refractivity contribution < 1.29 is 4.42 Å². The first kappa shape index (κ1) is 29.5. The lowest BCUT2D eigenvalue weighted by molar-refractivity contribution is 0.353. The van der Waals surface area contributed by atoms with Crippen molar-refractivity contribution in [3.05, 3.63) is 150 Å². The number of para-hydroxylation sites is 1. The third-order valence-electron chi connectivity index (χ3n) is 11.0. The Morgan fingerprint density at radius 2 is 1.20 bits per heavy atom. The maximum atomic E-state index is 9.85. The highest BCUT2D eigenvalue weighted by molar-refractivity contribution is 6.11. The van der Waals surface area contributed by atoms with E-state index < -0.39 is 0 Å². The third-order valence-corrected chi connectivity index (χ3v) is 11.0. The first-order chi connectivity index (χ1) is 25.2. The summed E-state index contributed by atoms with van der Waals surface area (Å²) in [4.78, 5) is 15.2. The van der Waals surface area contributed by atoms with Crippen LogP contribution in [0.3, 0.4) is 0 Å². The quantitative estimate of drug-likeness (QED) is 0.188. The topological polar surface area (TPSA) is 75.6 Å². The van der Waals surface area contributed by atoms with E-state index in [0.717, 1.165) is 57.0 Å². The monoisotopic (exact) mass is 656 g/mol. The molecule has 8 aromatic rings.